The van der Waals surface area contributed by atoms with Crippen molar-refractivity contribution < 1.29 is 9.53 Å². The second-order valence-electron chi connectivity index (χ2n) is 13.7. The number of rotatable bonds is 6. The predicted octanol–water partition coefficient (Wildman–Crippen LogP) is 9.10. The molecule has 6 aromatic rings. The Morgan fingerprint density at radius 1 is 0.608 bits per heavy atom. The molecule has 4 heterocycles. The number of benzene rings is 4. The molecule has 0 atom stereocenters. The van der Waals surface area contributed by atoms with E-state index in [1.54, 1.807) is 16.7 Å². The van der Waals surface area contributed by atoms with Gasteiger partial charge in [0, 0.05) is 95.1 Å². The summed E-state index contributed by atoms with van der Waals surface area (Å²) in [6.45, 7) is 12.9. The number of anilines is 2. The Labute approximate surface area is 308 Å². The molecule has 4 aromatic carbocycles. The summed E-state index contributed by atoms with van der Waals surface area (Å²) in [5, 5.41) is 5.95. The van der Waals surface area contributed by atoms with Crippen molar-refractivity contribution in [2.45, 2.75) is 46.0 Å². The number of nitrogens with zero attached hydrogens (tertiary/aromatic N) is 3. The second kappa shape index (κ2) is 15.8. The lowest BCUT2D eigenvalue weighted by Crippen LogP contribution is -2.50. The standard InChI is InChI=1S/C23H27N3O2S.C18H19N3S/c1-23(2,3)28-22(27)26-14-12-25(13-15-26)19-11-7-10-18-20(16-24-21(18)19)29-17-8-5-4-6-9-17;1-2-5-14(6-3-1)22-17-13-20-18-15(17)7-4-8-16(18)21-11-9-19-10-12-21/h4-11,16,24H,12-15H2,1-3H3;1-8,13,19-20H,9-12H2. The van der Waals surface area contributed by atoms with Crippen LogP contribution in [0.25, 0.3) is 21.8 Å². The lowest BCUT2D eigenvalue weighted by atomic mass is 10.2. The minimum atomic E-state index is -0.461. The lowest BCUT2D eigenvalue weighted by molar-refractivity contribution is 0.0240. The summed E-state index contributed by atoms with van der Waals surface area (Å²) in [6, 6.07) is 34.0. The Balaban J connectivity index is 0.000000165. The number of ether oxygens (including phenoxy) is 1. The van der Waals surface area contributed by atoms with E-state index in [2.05, 4.69) is 128 Å². The Morgan fingerprint density at radius 2 is 1.08 bits per heavy atom. The first-order chi connectivity index (χ1) is 24.8. The van der Waals surface area contributed by atoms with Gasteiger partial charge in [-0.2, -0.15) is 0 Å². The molecule has 51 heavy (non-hydrogen) atoms. The van der Waals surface area contributed by atoms with Crippen LogP contribution >= 0.6 is 23.5 Å². The van der Waals surface area contributed by atoms with Gasteiger partial charge >= 0.3 is 6.09 Å². The zero-order chi connectivity index (χ0) is 35.2. The summed E-state index contributed by atoms with van der Waals surface area (Å²) >= 11 is 3.59. The van der Waals surface area contributed by atoms with Gasteiger partial charge < -0.3 is 34.7 Å². The number of amides is 1. The minimum absolute atomic E-state index is 0.225. The third-order valence-corrected chi connectivity index (χ3v) is 11.1. The maximum atomic E-state index is 12.3. The van der Waals surface area contributed by atoms with Crippen molar-refractivity contribution >= 4 is 62.8 Å². The monoisotopic (exact) mass is 718 g/mol. The van der Waals surface area contributed by atoms with Crippen molar-refractivity contribution in [2.24, 2.45) is 0 Å². The van der Waals surface area contributed by atoms with Gasteiger partial charge in [0.2, 0.25) is 0 Å². The third kappa shape index (κ3) is 8.52. The number of piperazine rings is 2. The molecular weight excluding hydrogens is 673 g/mol. The number of aromatic nitrogens is 2. The van der Waals surface area contributed by atoms with E-state index < -0.39 is 5.60 Å². The van der Waals surface area contributed by atoms with Crippen LogP contribution in [0.1, 0.15) is 20.8 Å². The molecule has 2 saturated heterocycles. The number of para-hydroxylation sites is 2. The molecule has 0 bridgehead atoms. The maximum Gasteiger partial charge on any atom is 0.410 e. The normalized spacial score (nSPS) is 15.2. The first-order valence-electron chi connectivity index (χ1n) is 17.7. The molecule has 0 radical (unpaired) electrons. The summed E-state index contributed by atoms with van der Waals surface area (Å²) < 4.78 is 5.51. The molecule has 0 saturated carbocycles. The molecule has 2 aliphatic heterocycles. The number of H-pyrrole nitrogens is 2. The van der Waals surface area contributed by atoms with E-state index in [4.69, 9.17) is 4.74 Å². The highest BCUT2D eigenvalue weighted by atomic mass is 32.2. The number of carbonyl (C=O) groups is 1. The fraction of sp³-hybridized carbons (Fsp3) is 0.293. The highest BCUT2D eigenvalue weighted by Gasteiger charge is 2.27. The Morgan fingerprint density at radius 3 is 1.55 bits per heavy atom. The van der Waals surface area contributed by atoms with Gasteiger partial charge in [0.1, 0.15) is 5.60 Å². The van der Waals surface area contributed by atoms with Crippen LogP contribution in [0.4, 0.5) is 16.2 Å². The van der Waals surface area contributed by atoms with Gasteiger partial charge in [-0.05, 0) is 57.2 Å². The topological polar surface area (TPSA) is 79.6 Å². The van der Waals surface area contributed by atoms with Crippen LogP contribution in [0, 0.1) is 0 Å². The zero-order valence-corrected chi connectivity index (χ0v) is 31.2. The van der Waals surface area contributed by atoms with Crippen molar-refractivity contribution in [3.8, 4) is 0 Å². The number of carbonyl (C=O) groups excluding carboxylic acids is 1. The molecule has 0 aliphatic carbocycles. The molecule has 264 valence electrons. The first-order valence-corrected chi connectivity index (χ1v) is 19.3. The summed E-state index contributed by atoms with van der Waals surface area (Å²) in [5.41, 5.74) is 4.45. The van der Waals surface area contributed by atoms with Crippen molar-refractivity contribution in [1.82, 2.24) is 20.2 Å². The van der Waals surface area contributed by atoms with Crippen molar-refractivity contribution in [3.05, 3.63) is 109 Å². The molecule has 2 aromatic heterocycles. The van der Waals surface area contributed by atoms with E-state index in [1.165, 1.54) is 47.2 Å². The van der Waals surface area contributed by atoms with E-state index in [9.17, 15) is 4.79 Å². The van der Waals surface area contributed by atoms with Gasteiger partial charge in [-0.1, -0.05) is 84.2 Å². The molecule has 0 unspecified atom stereocenters. The number of hydrogen-bond acceptors (Lipinski definition) is 7. The molecule has 1 amide bonds. The molecule has 10 heteroatoms. The Hall–Kier alpha value is -4.51. The van der Waals surface area contributed by atoms with Gasteiger partial charge in [-0.3, -0.25) is 0 Å². The van der Waals surface area contributed by atoms with E-state index in [0.717, 1.165) is 44.8 Å². The van der Waals surface area contributed by atoms with Gasteiger partial charge in [0.15, 0.2) is 0 Å². The SMILES string of the molecule is CC(C)(C)OC(=O)N1CCN(c2cccc3c(Sc4ccccc4)c[nH]c23)CC1.c1ccc(Sc2c[nH]c3c(N4CCNCC4)cccc23)cc1. The molecule has 0 spiro atoms. The van der Waals surface area contributed by atoms with E-state index in [-0.39, 0.29) is 6.09 Å². The van der Waals surface area contributed by atoms with Crippen LogP contribution < -0.4 is 15.1 Å². The first kappa shape index (κ1) is 34.9. The second-order valence-corrected chi connectivity index (χ2v) is 16.0. The summed E-state index contributed by atoms with van der Waals surface area (Å²) in [4.78, 5) is 30.9. The maximum absolute atomic E-state index is 12.3. The van der Waals surface area contributed by atoms with Crippen LogP contribution in [-0.2, 0) is 4.74 Å². The fourth-order valence-electron chi connectivity index (χ4n) is 6.51. The molecular formula is C41H46N6O2S2. The predicted molar refractivity (Wildman–Crippen MR) is 213 cm³/mol. The molecule has 2 aliphatic rings. The van der Waals surface area contributed by atoms with Crippen LogP contribution in [-0.4, -0.2) is 78.9 Å². The highest BCUT2D eigenvalue weighted by molar-refractivity contribution is 7.99. The summed E-state index contributed by atoms with van der Waals surface area (Å²) in [6.07, 6.45) is 3.99. The molecule has 8 nitrogen and oxygen atoms in total. The Bertz CT molecular complexity index is 2040. The largest absolute Gasteiger partial charge is 0.444 e. The molecule has 3 N–H and O–H groups in total. The van der Waals surface area contributed by atoms with Gasteiger partial charge in [0.25, 0.3) is 0 Å². The van der Waals surface area contributed by atoms with Crippen LogP contribution in [0.3, 0.4) is 0 Å². The van der Waals surface area contributed by atoms with Crippen LogP contribution in [0.5, 0.6) is 0 Å². The quantitative estimate of drug-likeness (QED) is 0.159. The smallest absolute Gasteiger partial charge is 0.410 e. The lowest BCUT2D eigenvalue weighted by Gasteiger charge is -2.36. The van der Waals surface area contributed by atoms with E-state index >= 15 is 0 Å². The molecule has 2 fully saturated rings. The van der Waals surface area contributed by atoms with Crippen molar-refractivity contribution in [1.29, 1.82) is 0 Å². The number of hydrogen-bond donors (Lipinski definition) is 3. The van der Waals surface area contributed by atoms with Crippen molar-refractivity contribution in [3.63, 3.8) is 0 Å². The van der Waals surface area contributed by atoms with Crippen LogP contribution in [0.15, 0.2) is 129 Å². The number of aromatic amines is 2. The van der Waals surface area contributed by atoms with E-state index in [1.807, 2.05) is 38.6 Å². The van der Waals surface area contributed by atoms with Crippen molar-refractivity contribution in [2.75, 3.05) is 62.2 Å². The highest BCUT2D eigenvalue weighted by Crippen LogP contribution is 2.38. The third-order valence-electron chi connectivity index (χ3n) is 8.98. The molecule has 8 rings (SSSR count). The number of fused-ring (bicyclic) bond motifs is 2. The fourth-order valence-corrected chi connectivity index (χ4v) is 8.40. The van der Waals surface area contributed by atoms with Gasteiger partial charge in [0.05, 0.1) is 22.4 Å². The average Bonchev–Trinajstić information content (AvgIpc) is 3.76. The summed E-state index contributed by atoms with van der Waals surface area (Å²) in [5.74, 6) is 0. The van der Waals surface area contributed by atoms with Crippen LogP contribution in [0.2, 0.25) is 0 Å². The average molecular weight is 719 g/mol. The summed E-state index contributed by atoms with van der Waals surface area (Å²) in [7, 11) is 0. The number of nitrogens with one attached hydrogen (secondary N) is 3. The van der Waals surface area contributed by atoms with Gasteiger partial charge in [-0.25, -0.2) is 4.79 Å². The zero-order valence-electron chi connectivity index (χ0n) is 29.5. The van der Waals surface area contributed by atoms with Gasteiger partial charge in [-0.15, -0.1) is 0 Å². The minimum Gasteiger partial charge on any atom is -0.444 e. The van der Waals surface area contributed by atoms with E-state index in [0.29, 0.717) is 13.1 Å². The Kier molecular flexibility index (Phi) is 10.8.